The van der Waals surface area contributed by atoms with Gasteiger partial charge in [-0.25, -0.2) is 0 Å². The Morgan fingerprint density at radius 3 is 2.27 bits per heavy atom. The summed E-state index contributed by atoms with van der Waals surface area (Å²) < 4.78 is 6.13. The molecule has 5 heteroatoms. The number of halogens is 2. The molecule has 0 heterocycles. The van der Waals surface area contributed by atoms with Crippen LogP contribution in [-0.4, -0.2) is 33.1 Å². The number of anilines is 1. The zero-order valence-electron chi connectivity index (χ0n) is 13.2. The van der Waals surface area contributed by atoms with Crippen LogP contribution in [0.2, 0.25) is 10.0 Å². The highest BCUT2D eigenvalue weighted by atomic mass is 35.5. The van der Waals surface area contributed by atoms with Gasteiger partial charge < -0.3 is 14.5 Å². The molecule has 2 aromatic rings. The Balaban J connectivity index is 2.44. The Bertz CT molecular complexity index is 657. The molecule has 22 heavy (non-hydrogen) atoms. The highest BCUT2D eigenvalue weighted by Crippen LogP contribution is 2.37. The summed E-state index contributed by atoms with van der Waals surface area (Å²) in [4.78, 5) is 4.14. The van der Waals surface area contributed by atoms with E-state index in [1.165, 1.54) is 0 Å². The first kappa shape index (κ1) is 16.9. The number of hydrogen-bond acceptors (Lipinski definition) is 3. The minimum absolute atomic E-state index is 0.482. The van der Waals surface area contributed by atoms with Gasteiger partial charge in [0.05, 0.1) is 15.7 Å². The summed E-state index contributed by atoms with van der Waals surface area (Å²) in [6.07, 6.45) is 0. The highest BCUT2D eigenvalue weighted by Gasteiger charge is 2.14. The lowest BCUT2D eigenvalue weighted by molar-refractivity contribution is 0.389. The van der Waals surface area contributed by atoms with Crippen LogP contribution in [0, 0.1) is 0 Å². The average Bonchev–Trinajstić information content (AvgIpc) is 2.44. The predicted octanol–water partition coefficient (Wildman–Crippen LogP) is 4.91. The van der Waals surface area contributed by atoms with Gasteiger partial charge in [-0.1, -0.05) is 35.3 Å². The third-order valence-electron chi connectivity index (χ3n) is 3.16. The smallest absolute Gasteiger partial charge is 0.155 e. The molecule has 0 radical (unpaired) electrons. The quantitative estimate of drug-likeness (QED) is 0.769. The van der Waals surface area contributed by atoms with E-state index in [0.29, 0.717) is 15.8 Å². The van der Waals surface area contributed by atoms with E-state index in [9.17, 15) is 0 Å². The van der Waals surface area contributed by atoms with Gasteiger partial charge in [-0.2, -0.15) is 0 Å². The maximum Gasteiger partial charge on any atom is 0.155 e. The fourth-order valence-corrected chi connectivity index (χ4v) is 2.45. The molecule has 0 spiro atoms. The average molecular weight is 339 g/mol. The van der Waals surface area contributed by atoms with Crippen LogP contribution in [0.3, 0.4) is 0 Å². The van der Waals surface area contributed by atoms with Gasteiger partial charge in [0.2, 0.25) is 0 Å². The molecule has 0 fully saturated rings. The van der Waals surface area contributed by atoms with Crippen molar-refractivity contribution < 1.29 is 4.74 Å². The third kappa shape index (κ3) is 4.07. The minimum Gasteiger partial charge on any atom is -0.455 e. The molecule has 118 valence electrons. The number of rotatable bonds is 5. The zero-order valence-corrected chi connectivity index (χ0v) is 14.7. The van der Waals surface area contributed by atoms with Crippen LogP contribution in [0.1, 0.15) is 5.56 Å². The summed E-state index contributed by atoms with van der Waals surface area (Å²) in [5.74, 6) is 1.50. The van der Waals surface area contributed by atoms with E-state index in [2.05, 4.69) is 11.0 Å². The Labute approximate surface area is 142 Å². The van der Waals surface area contributed by atoms with Crippen molar-refractivity contribution in [3.63, 3.8) is 0 Å². The molecule has 0 unspecified atom stereocenters. The molecule has 3 nitrogen and oxygen atoms in total. The van der Waals surface area contributed by atoms with Gasteiger partial charge in [0.25, 0.3) is 0 Å². The Kier molecular flexibility index (Phi) is 5.57. The minimum atomic E-state index is 0.482. The molecule has 0 bridgehead atoms. The second-order valence-corrected chi connectivity index (χ2v) is 6.39. The van der Waals surface area contributed by atoms with Crippen molar-refractivity contribution in [2.24, 2.45) is 0 Å². The first-order valence-electron chi connectivity index (χ1n) is 6.95. The number of ether oxygens (including phenoxy) is 1. The van der Waals surface area contributed by atoms with Crippen molar-refractivity contribution in [1.29, 1.82) is 0 Å². The van der Waals surface area contributed by atoms with Crippen LogP contribution in [0.25, 0.3) is 0 Å². The van der Waals surface area contributed by atoms with E-state index in [1.807, 2.05) is 51.3 Å². The monoisotopic (exact) mass is 338 g/mol. The van der Waals surface area contributed by atoms with E-state index in [4.69, 9.17) is 27.9 Å². The van der Waals surface area contributed by atoms with Crippen LogP contribution in [0.4, 0.5) is 5.69 Å². The molecule has 2 aromatic carbocycles. The molecular weight excluding hydrogens is 319 g/mol. The van der Waals surface area contributed by atoms with Crippen molar-refractivity contribution in [3.8, 4) is 11.5 Å². The Morgan fingerprint density at radius 2 is 1.68 bits per heavy atom. The molecule has 0 aliphatic carbocycles. The van der Waals surface area contributed by atoms with Crippen molar-refractivity contribution in [2.45, 2.75) is 6.54 Å². The molecule has 0 amide bonds. The van der Waals surface area contributed by atoms with E-state index < -0.39 is 0 Å². The standard InChI is InChI=1S/C17H20Cl2N2O/c1-20(2)11-12-6-5-7-16(21(3)4)17(12)22-13-8-9-14(18)15(19)10-13/h5-10H,11H2,1-4H3. The first-order chi connectivity index (χ1) is 10.4. The van der Waals surface area contributed by atoms with Gasteiger partial charge in [0.1, 0.15) is 5.75 Å². The molecule has 0 N–H and O–H groups in total. The highest BCUT2D eigenvalue weighted by molar-refractivity contribution is 6.42. The van der Waals surface area contributed by atoms with Gasteiger partial charge in [0, 0.05) is 32.3 Å². The van der Waals surface area contributed by atoms with Crippen LogP contribution in [-0.2, 0) is 6.54 Å². The molecule has 0 saturated heterocycles. The summed E-state index contributed by atoms with van der Waals surface area (Å²) in [5.41, 5.74) is 2.13. The molecule has 0 atom stereocenters. The fraction of sp³-hybridized carbons (Fsp3) is 0.294. The van der Waals surface area contributed by atoms with E-state index in [1.54, 1.807) is 12.1 Å². The number of para-hydroxylation sites is 1. The van der Waals surface area contributed by atoms with Gasteiger partial charge in [0.15, 0.2) is 5.75 Å². The Morgan fingerprint density at radius 1 is 0.955 bits per heavy atom. The van der Waals surface area contributed by atoms with Crippen molar-refractivity contribution >= 4 is 28.9 Å². The van der Waals surface area contributed by atoms with Gasteiger partial charge in [-0.15, -0.1) is 0 Å². The third-order valence-corrected chi connectivity index (χ3v) is 3.89. The largest absolute Gasteiger partial charge is 0.455 e. The predicted molar refractivity (Wildman–Crippen MR) is 94.7 cm³/mol. The van der Waals surface area contributed by atoms with Crippen molar-refractivity contribution in [1.82, 2.24) is 4.90 Å². The molecule has 0 aromatic heterocycles. The van der Waals surface area contributed by atoms with Crippen LogP contribution in [0.15, 0.2) is 36.4 Å². The summed E-state index contributed by atoms with van der Waals surface area (Å²) in [7, 11) is 8.06. The van der Waals surface area contributed by atoms with Crippen molar-refractivity contribution in [3.05, 3.63) is 52.0 Å². The van der Waals surface area contributed by atoms with Crippen LogP contribution >= 0.6 is 23.2 Å². The SMILES string of the molecule is CN(C)Cc1cccc(N(C)C)c1Oc1ccc(Cl)c(Cl)c1. The van der Waals surface area contributed by atoms with E-state index in [0.717, 1.165) is 23.5 Å². The molecule has 2 rings (SSSR count). The fourth-order valence-electron chi connectivity index (χ4n) is 2.16. The summed E-state index contributed by atoms with van der Waals surface area (Å²) >= 11 is 12.0. The normalized spacial score (nSPS) is 10.9. The van der Waals surface area contributed by atoms with Gasteiger partial charge in [-0.05, 0) is 32.3 Å². The molecule has 0 aliphatic heterocycles. The zero-order chi connectivity index (χ0) is 16.3. The van der Waals surface area contributed by atoms with Gasteiger partial charge >= 0.3 is 0 Å². The number of benzene rings is 2. The second kappa shape index (κ2) is 7.23. The summed E-state index contributed by atoms with van der Waals surface area (Å²) in [6.45, 7) is 0.790. The number of nitrogens with zero attached hydrogens (tertiary/aromatic N) is 2. The van der Waals surface area contributed by atoms with E-state index in [-0.39, 0.29) is 0 Å². The maximum absolute atomic E-state index is 6.13. The second-order valence-electron chi connectivity index (χ2n) is 5.58. The summed E-state index contributed by atoms with van der Waals surface area (Å²) in [6, 6.07) is 11.4. The lowest BCUT2D eigenvalue weighted by atomic mass is 10.1. The Hall–Kier alpha value is -1.42. The topological polar surface area (TPSA) is 15.7 Å². The van der Waals surface area contributed by atoms with Crippen LogP contribution in [0.5, 0.6) is 11.5 Å². The molecular formula is C17H20Cl2N2O. The van der Waals surface area contributed by atoms with Crippen molar-refractivity contribution in [2.75, 3.05) is 33.1 Å². The first-order valence-corrected chi connectivity index (χ1v) is 7.71. The van der Waals surface area contributed by atoms with E-state index >= 15 is 0 Å². The molecule has 0 saturated carbocycles. The lowest BCUT2D eigenvalue weighted by Crippen LogP contribution is -2.14. The molecule has 0 aliphatic rings. The summed E-state index contributed by atoms with van der Waals surface area (Å²) in [5, 5.41) is 0.999. The van der Waals surface area contributed by atoms with Gasteiger partial charge in [-0.3, -0.25) is 0 Å². The lowest BCUT2D eigenvalue weighted by Gasteiger charge is -2.22. The maximum atomic E-state index is 6.13. The van der Waals surface area contributed by atoms with Crippen LogP contribution < -0.4 is 9.64 Å². The number of hydrogen-bond donors (Lipinski definition) is 0.